The Morgan fingerprint density at radius 2 is 1.66 bits per heavy atom. The number of pyridine rings is 2. The van der Waals surface area contributed by atoms with Gasteiger partial charge in [0.25, 0.3) is 5.56 Å². The highest BCUT2D eigenvalue weighted by molar-refractivity contribution is 5.93. The Hall–Kier alpha value is -6.66. The number of aromatic hydroxyl groups is 1. The standard InChI is InChI=1S/C43H49N7O11/c1-5-27-28-15-26(51)12-13-32(28)49-39-29(27)20-50-34(39)16-31-30(41(50)57)21-60-42(58)43(31,6-2)61-38(55)22-59-23-47-36(53)18-46-40(56)33(14-25-10-8-7-9-11-25)48-37(54)19-45-35(52)17-44-24(3)4/h7-13,15-16,24,33,44,51H,5-6,14,17-23H2,1-4H3,(H,45,52)(H,46,56)(H,47,53)(H,48,54)/t33-,43-/m0/s1. The Morgan fingerprint density at radius 3 is 2.38 bits per heavy atom. The third kappa shape index (κ3) is 9.87. The lowest BCUT2D eigenvalue weighted by atomic mass is 9.85. The number of aryl methyl sites for hydroxylation is 1. The van der Waals surface area contributed by atoms with E-state index in [0.717, 1.165) is 22.1 Å². The predicted octanol–water partition coefficient (Wildman–Crippen LogP) is 0.947. The number of hydrogen-bond acceptors (Lipinski definition) is 13. The molecule has 2 aromatic heterocycles. The minimum absolute atomic E-state index is 0.0200. The maximum atomic E-state index is 14.0. The van der Waals surface area contributed by atoms with E-state index in [4.69, 9.17) is 19.2 Å². The summed E-state index contributed by atoms with van der Waals surface area (Å²) in [5, 5.41) is 23.9. The maximum Gasteiger partial charge on any atom is 0.355 e. The molecule has 18 heteroatoms. The topological polar surface area (TPSA) is 245 Å². The van der Waals surface area contributed by atoms with Gasteiger partial charge in [-0.1, -0.05) is 58.0 Å². The summed E-state index contributed by atoms with van der Waals surface area (Å²) >= 11 is 0. The number of carbonyl (C=O) groups excluding carboxylic acids is 6. The van der Waals surface area contributed by atoms with Crippen molar-refractivity contribution in [3.63, 3.8) is 0 Å². The number of nitrogens with zero attached hydrogens (tertiary/aromatic N) is 2. The molecule has 2 atom stereocenters. The van der Waals surface area contributed by atoms with E-state index in [1.165, 1.54) is 6.07 Å². The normalized spacial score (nSPS) is 15.5. The quantitative estimate of drug-likeness (QED) is 0.0410. The van der Waals surface area contributed by atoms with Gasteiger partial charge < -0.3 is 50.5 Å². The molecule has 0 unspecified atom stereocenters. The van der Waals surface area contributed by atoms with Crippen LogP contribution in [0.3, 0.4) is 0 Å². The molecule has 2 aliphatic heterocycles. The molecular weight excluding hydrogens is 791 g/mol. The van der Waals surface area contributed by atoms with E-state index in [2.05, 4.69) is 26.6 Å². The van der Waals surface area contributed by atoms with Gasteiger partial charge in [0.1, 0.15) is 31.7 Å². The van der Waals surface area contributed by atoms with Crippen LogP contribution in [0.5, 0.6) is 5.75 Å². The van der Waals surface area contributed by atoms with Crippen molar-refractivity contribution < 1.29 is 48.1 Å². The zero-order chi connectivity index (χ0) is 43.8. The number of nitrogens with one attached hydrogen (secondary N) is 5. The van der Waals surface area contributed by atoms with E-state index >= 15 is 0 Å². The lowest BCUT2D eigenvalue weighted by Crippen LogP contribution is -2.52. The molecule has 0 saturated heterocycles. The van der Waals surface area contributed by atoms with Crippen LogP contribution in [0.15, 0.2) is 59.4 Å². The number of hydrogen-bond donors (Lipinski definition) is 6. The van der Waals surface area contributed by atoms with Crippen LogP contribution in [-0.2, 0) is 74.6 Å². The maximum absolute atomic E-state index is 14.0. The summed E-state index contributed by atoms with van der Waals surface area (Å²) in [6.45, 7) is 5.24. The van der Waals surface area contributed by atoms with Crippen LogP contribution in [0.4, 0.5) is 0 Å². The largest absolute Gasteiger partial charge is 0.508 e. The summed E-state index contributed by atoms with van der Waals surface area (Å²) in [5.74, 6) is -4.06. The number of benzene rings is 2. The van der Waals surface area contributed by atoms with E-state index in [9.17, 15) is 38.7 Å². The zero-order valence-electron chi connectivity index (χ0n) is 34.3. The first-order valence-corrected chi connectivity index (χ1v) is 20.0. The van der Waals surface area contributed by atoms with Crippen LogP contribution < -0.4 is 32.1 Å². The number of cyclic esters (lactones) is 1. The number of phenols is 1. The summed E-state index contributed by atoms with van der Waals surface area (Å²) in [6, 6.07) is 14.4. The molecule has 6 N–H and O–H groups in total. The molecule has 61 heavy (non-hydrogen) atoms. The Balaban J connectivity index is 1.05. The van der Waals surface area contributed by atoms with E-state index in [-0.39, 0.29) is 67.9 Å². The fourth-order valence-corrected chi connectivity index (χ4v) is 7.40. The fraction of sp³-hybridized carbons (Fsp3) is 0.395. The minimum Gasteiger partial charge on any atom is -0.508 e. The van der Waals surface area contributed by atoms with Crippen molar-refractivity contribution in [3.05, 3.63) is 92.8 Å². The number of aromatic nitrogens is 2. The Labute approximate surface area is 350 Å². The van der Waals surface area contributed by atoms with Gasteiger partial charge in [-0.3, -0.25) is 24.0 Å². The minimum atomic E-state index is -1.97. The second-order valence-electron chi connectivity index (χ2n) is 14.9. The highest BCUT2D eigenvalue weighted by Crippen LogP contribution is 2.42. The first-order valence-electron chi connectivity index (χ1n) is 20.0. The van der Waals surface area contributed by atoms with Gasteiger partial charge in [0.15, 0.2) is 0 Å². The number of esters is 2. The predicted molar refractivity (Wildman–Crippen MR) is 220 cm³/mol. The molecule has 0 radical (unpaired) electrons. The van der Waals surface area contributed by atoms with Gasteiger partial charge in [-0.2, -0.15) is 0 Å². The van der Waals surface area contributed by atoms with Crippen molar-refractivity contribution in [1.29, 1.82) is 0 Å². The average molecular weight is 840 g/mol. The molecule has 6 rings (SSSR count). The van der Waals surface area contributed by atoms with Crippen LogP contribution in [0, 0.1) is 0 Å². The van der Waals surface area contributed by atoms with Gasteiger partial charge in [-0.15, -0.1) is 0 Å². The summed E-state index contributed by atoms with van der Waals surface area (Å²) < 4.78 is 18.1. The van der Waals surface area contributed by atoms with Crippen molar-refractivity contribution in [2.24, 2.45) is 0 Å². The Kier molecular flexibility index (Phi) is 13.8. The third-order valence-electron chi connectivity index (χ3n) is 10.5. The van der Waals surface area contributed by atoms with E-state index in [1.54, 1.807) is 60.0 Å². The summed E-state index contributed by atoms with van der Waals surface area (Å²) in [7, 11) is 0. The summed E-state index contributed by atoms with van der Waals surface area (Å²) in [4.78, 5) is 96.0. The second kappa shape index (κ2) is 19.2. The van der Waals surface area contributed by atoms with Gasteiger partial charge in [0.2, 0.25) is 29.2 Å². The van der Waals surface area contributed by atoms with Crippen LogP contribution in [0.25, 0.3) is 22.3 Å². The Morgan fingerprint density at radius 1 is 0.918 bits per heavy atom. The molecule has 4 heterocycles. The summed E-state index contributed by atoms with van der Waals surface area (Å²) in [6.07, 6.45) is 0.642. The first-order chi connectivity index (χ1) is 29.2. The molecule has 0 fully saturated rings. The second-order valence-corrected chi connectivity index (χ2v) is 14.9. The van der Waals surface area contributed by atoms with Crippen molar-refractivity contribution in [1.82, 2.24) is 36.1 Å². The number of ether oxygens (including phenoxy) is 3. The number of rotatable bonds is 18. The highest BCUT2D eigenvalue weighted by atomic mass is 16.6. The average Bonchev–Trinajstić information content (AvgIpc) is 3.61. The lowest BCUT2D eigenvalue weighted by molar-refractivity contribution is -0.192. The molecule has 2 aromatic carbocycles. The third-order valence-corrected chi connectivity index (χ3v) is 10.5. The molecule has 0 aliphatic carbocycles. The van der Waals surface area contributed by atoms with E-state index in [1.807, 2.05) is 20.8 Å². The fourth-order valence-electron chi connectivity index (χ4n) is 7.40. The molecule has 4 aromatic rings. The molecule has 2 aliphatic rings. The monoisotopic (exact) mass is 839 g/mol. The van der Waals surface area contributed by atoms with Crippen molar-refractivity contribution in [2.45, 2.75) is 77.8 Å². The van der Waals surface area contributed by atoms with Crippen LogP contribution in [-0.4, -0.2) is 95.3 Å². The highest BCUT2D eigenvalue weighted by Gasteiger charge is 2.50. The molecule has 18 nitrogen and oxygen atoms in total. The smallest absolute Gasteiger partial charge is 0.355 e. The SMILES string of the molecule is CCc1c2c(nc3ccc(O)cc13)-c1cc3c(c(=O)n1C2)COC(=O)[C@@]3(CC)OC(=O)COCNC(=O)CNC(=O)[C@H](Cc1ccccc1)NC(=O)CNC(=O)CNC(C)C. The molecule has 0 spiro atoms. The zero-order valence-corrected chi connectivity index (χ0v) is 34.3. The van der Waals surface area contributed by atoms with Gasteiger partial charge in [0, 0.05) is 29.0 Å². The molecular formula is C43H49N7O11. The molecule has 0 saturated carbocycles. The van der Waals surface area contributed by atoms with Crippen molar-refractivity contribution >= 4 is 46.5 Å². The van der Waals surface area contributed by atoms with Gasteiger partial charge in [-0.25, -0.2) is 14.6 Å². The number of amides is 4. The van der Waals surface area contributed by atoms with Crippen molar-refractivity contribution in [2.75, 3.05) is 33.0 Å². The number of phenolic OH excluding ortho intramolecular Hbond substituents is 1. The van der Waals surface area contributed by atoms with Crippen LogP contribution in [0.1, 0.15) is 61.9 Å². The number of carbonyl (C=O) groups is 6. The molecule has 4 amide bonds. The molecule has 322 valence electrons. The van der Waals surface area contributed by atoms with E-state index < -0.39 is 66.7 Å². The molecule has 0 bridgehead atoms. The van der Waals surface area contributed by atoms with Gasteiger partial charge in [0.05, 0.1) is 48.6 Å². The Bertz CT molecular complexity index is 2420. The van der Waals surface area contributed by atoms with Crippen molar-refractivity contribution in [3.8, 4) is 17.1 Å². The van der Waals surface area contributed by atoms with Gasteiger partial charge in [-0.05, 0) is 48.2 Å². The number of fused-ring (bicyclic) bond motifs is 5. The van der Waals surface area contributed by atoms with Crippen LogP contribution in [0.2, 0.25) is 0 Å². The van der Waals surface area contributed by atoms with Gasteiger partial charge >= 0.3 is 11.9 Å². The van der Waals surface area contributed by atoms with E-state index in [0.29, 0.717) is 23.3 Å². The van der Waals surface area contributed by atoms with Crippen LogP contribution >= 0.6 is 0 Å². The summed E-state index contributed by atoms with van der Waals surface area (Å²) in [5.41, 5.74) is 2.05. The lowest BCUT2D eigenvalue weighted by Gasteiger charge is -2.35. The first kappa shape index (κ1) is 43.9.